The lowest BCUT2D eigenvalue weighted by Crippen LogP contribution is -2.31. The minimum Gasteiger partial charge on any atom is -0.309 e. The number of thiazole rings is 1. The topological polar surface area (TPSA) is 83.9 Å². The molecule has 0 aromatic carbocycles. The Balaban J connectivity index is 1.62. The predicted octanol–water partition coefficient (Wildman–Crippen LogP) is 2.70. The third-order valence-electron chi connectivity index (χ3n) is 4.10. The summed E-state index contributed by atoms with van der Waals surface area (Å²) >= 11 is 1.49. The Hall–Kier alpha value is -2.71. The lowest BCUT2D eigenvalue weighted by molar-refractivity contribution is -0.117. The fourth-order valence-electron chi connectivity index (χ4n) is 2.91. The highest BCUT2D eigenvalue weighted by molar-refractivity contribution is 7.13. The van der Waals surface area contributed by atoms with Gasteiger partial charge in [0.25, 0.3) is 0 Å². The van der Waals surface area contributed by atoms with Crippen molar-refractivity contribution >= 4 is 23.1 Å². The normalized spacial score (nSPS) is 14.5. The molecular weight excluding hydrogens is 348 g/mol. The van der Waals surface area contributed by atoms with E-state index in [2.05, 4.69) is 30.2 Å². The molecule has 1 amide bonds. The summed E-state index contributed by atoms with van der Waals surface area (Å²) in [5.74, 6) is 0.868. The average molecular weight is 366 g/mol. The zero-order valence-electron chi connectivity index (χ0n) is 14.1. The number of aromatic nitrogens is 4. The van der Waals surface area contributed by atoms with E-state index in [0.29, 0.717) is 29.6 Å². The van der Waals surface area contributed by atoms with Crippen molar-refractivity contribution in [1.82, 2.24) is 24.8 Å². The zero-order valence-corrected chi connectivity index (χ0v) is 14.9. The number of amides is 1. The quantitative estimate of drug-likeness (QED) is 0.747. The van der Waals surface area contributed by atoms with E-state index in [0.717, 1.165) is 30.9 Å². The number of likely N-dealkylation sites (tertiary alicyclic amines) is 1. The highest BCUT2D eigenvalue weighted by atomic mass is 32.1. The first-order valence-electron chi connectivity index (χ1n) is 8.50. The molecule has 1 N–H and O–H groups in total. The highest BCUT2D eigenvalue weighted by Gasteiger charge is 2.17. The van der Waals surface area contributed by atoms with Crippen molar-refractivity contribution in [3.05, 3.63) is 42.0 Å². The standard InChI is InChI=1S/C18H18N6OS/c25-16(12-24-8-3-4-9-24)22-15-11-14(18-20-7-10-26-18)21-17(23-15)13-5-1-2-6-19-13/h1-2,5-7,10-11H,3-4,8-9,12H2,(H,21,22,23,25). The lowest BCUT2D eigenvalue weighted by atomic mass is 10.3. The molecule has 4 heterocycles. The van der Waals surface area contributed by atoms with Crippen molar-refractivity contribution in [2.24, 2.45) is 0 Å². The van der Waals surface area contributed by atoms with Crippen LogP contribution < -0.4 is 5.32 Å². The number of anilines is 1. The summed E-state index contributed by atoms with van der Waals surface area (Å²) in [6, 6.07) is 7.32. The van der Waals surface area contributed by atoms with Gasteiger partial charge in [-0.15, -0.1) is 11.3 Å². The van der Waals surface area contributed by atoms with Gasteiger partial charge in [-0.05, 0) is 38.1 Å². The predicted molar refractivity (Wildman–Crippen MR) is 101 cm³/mol. The number of nitrogens with zero attached hydrogens (tertiary/aromatic N) is 5. The van der Waals surface area contributed by atoms with Crippen LogP contribution >= 0.6 is 11.3 Å². The Kier molecular flexibility index (Phi) is 4.94. The molecule has 7 nitrogen and oxygen atoms in total. The van der Waals surface area contributed by atoms with E-state index in [1.807, 2.05) is 23.6 Å². The first-order chi connectivity index (χ1) is 12.8. The smallest absolute Gasteiger partial charge is 0.239 e. The van der Waals surface area contributed by atoms with Crippen LogP contribution in [0, 0.1) is 0 Å². The monoisotopic (exact) mass is 366 g/mol. The van der Waals surface area contributed by atoms with Crippen LogP contribution in [0.4, 0.5) is 5.82 Å². The van der Waals surface area contributed by atoms with Gasteiger partial charge in [0, 0.05) is 23.8 Å². The highest BCUT2D eigenvalue weighted by Crippen LogP contribution is 2.25. The molecule has 3 aromatic heterocycles. The zero-order chi connectivity index (χ0) is 17.8. The van der Waals surface area contributed by atoms with Gasteiger partial charge >= 0.3 is 0 Å². The Labute approximate surface area is 155 Å². The fraction of sp³-hybridized carbons (Fsp3) is 0.278. The van der Waals surface area contributed by atoms with E-state index < -0.39 is 0 Å². The SMILES string of the molecule is O=C(CN1CCCC1)Nc1cc(-c2nccs2)nc(-c2ccccn2)n1. The molecule has 0 atom stereocenters. The summed E-state index contributed by atoms with van der Waals surface area (Å²) in [5.41, 5.74) is 1.33. The van der Waals surface area contributed by atoms with E-state index in [1.54, 1.807) is 18.5 Å². The molecule has 0 saturated carbocycles. The van der Waals surface area contributed by atoms with Crippen LogP contribution in [-0.4, -0.2) is 50.4 Å². The van der Waals surface area contributed by atoms with Crippen LogP contribution in [-0.2, 0) is 4.79 Å². The molecule has 1 fully saturated rings. The maximum atomic E-state index is 12.4. The van der Waals surface area contributed by atoms with E-state index >= 15 is 0 Å². The second-order valence-electron chi connectivity index (χ2n) is 6.05. The largest absolute Gasteiger partial charge is 0.309 e. The number of carbonyl (C=O) groups is 1. The first-order valence-corrected chi connectivity index (χ1v) is 9.38. The van der Waals surface area contributed by atoms with Crippen LogP contribution in [0.3, 0.4) is 0 Å². The van der Waals surface area contributed by atoms with Crippen LogP contribution in [0.2, 0.25) is 0 Å². The third kappa shape index (κ3) is 3.92. The first kappa shape index (κ1) is 16.7. The van der Waals surface area contributed by atoms with Crippen molar-refractivity contribution < 1.29 is 4.79 Å². The number of rotatable bonds is 5. The van der Waals surface area contributed by atoms with Crippen molar-refractivity contribution in [3.8, 4) is 22.2 Å². The molecule has 132 valence electrons. The van der Waals surface area contributed by atoms with Gasteiger partial charge in [-0.1, -0.05) is 6.07 Å². The molecule has 26 heavy (non-hydrogen) atoms. The summed E-state index contributed by atoms with van der Waals surface area (Å²) < 4.78 is 0. The maximum absolute atomic E-state index is 12.4. The number of hydrogen-bond donors (Lipinski definition) is 1. The number of nitrogens with one attached hydrogen (secondary N) is 1. The second kappa shape index (κ2) is 7.67. The van der Waals surface area contributed by atoms with Gasteiger partial charge in [-0.2, -0.15) is 0 Å². The number of carbonyl (C=O) groups excluding carboxylic acids is 1. The van der Waals surface area contributed by atoms with Crippen LogP contribution in [0.5, 0.6) is 0 Å². The molecular formula is C18H18N6OS. The Bertz CT molecular complexity index is 878. The second-order valence-corrected chi connectivity index (χ2v) is 6.94. The van der Waals surface area contributed by atoms with E-state index in [1.165, 1.54) is 11.3 Å². The van der Waals surface area contributed by atoms with Gasteiger partial charge < -0.3 is 5.32 Å². The Morgan fingerprint density at radius 1 is 1.12 bits per heavy atom. The summed E-state index contributed by atoms with van der Waals surface area (Å²) in [4.78, 5) is 32.2. The van der Waals surface area contributed by atoms with Gasteiger partial charge in [-0.3, -0.25) is 14.7 Å². The van der Waals surface area contributed by atoms with E-state index in [9.17, 15) is 4.79 Å². The molecule has 0 unspecified atom stereocenters. The van der Waals surface area contributed by atoms with Crippen molar-refractivity contribution in [1.29, 1.82) is 0 Å². The third-order valence-corrected chi connectivity index (χ3v) is 4.90. The van der Waals surface area contributed by atoms with Gasteiger partial charge in [0.1, 0.15) is 22.2 Å². The van der Waals surface area contributed by atoms with Gasteiger partial charge in [-0.25, -0.2) is 15.0 Å². The Morgan fingerprint density at radius 2 is 2.00 bits per heavy atom. The van der Waals surface area contributed by atoms with Gasteiger partial charge in [0.05, 0.1) is 6.54 Å². The molecule has 1 aliphatic rings. The van der Waals surface area contributed by atoms with Gasteiger partial charge in [0.15, 0.2) is 5.82 Å². The fourth-order valence-corrected chi connectivity index (χ4v) is 3.50. The van der Waals surface area contributed by atoms with Crippen molar-refractivity contribution in [2.75, 3.05) is 25.0 Å². The molecule has 1 saturated heterocycles. The minimum absolute atomic E-state index is 0.0670. The van der Waals surface area contributed by atoms with Crippen LogP contribution in [0.1, 0.15) is 12.8 Å². The summed E-state index contributed by atoms with van der Waals surface area (Å²) in [5, 5.41) is 5.57. The van der Waals surface area contributed by atoms with Crippen LogP contribution in [0.15, 0.2) is 42.0 Å². The molecule has 0 radical (unpaired) electrons. The summed E-state index contributed by atoms with van der Waals surface area (Å²) in [6.45, 7) is 2.33. The molecule has 0 aliphatic carbocycles. The molecule has 0 spiro atoms. The maximum Gasteiger partial charge on any atom is 0.239 e. The summed E-state index contributed by atoms with van der Waals surface area (Å²) in [6.07, 6.45) is 5.73. The lowest BCUT2D eigenvalue weighted by Gasteiger charge is -2.14. The molecule has 4 rings (SSSR count). The van der Waals surface area contributed by atoms with E-state index in [-0.39, 0.29) is 5.91 Å². The van der Waals surface area contributed by atoms with Crippen molar-refractivity contribution in [2.45, 2.75) is 12.8 Å². The minimum atomic E-state index is -0.0670. The van der Waals surface area contributed by atoms with Gasteiger partial charge in [0.2, 0.25) is 5.91 Å². The molecule has 8 heteroatoms. The van der Waals surface area contributed by atoms with E-state index in [4.69, 9.17) is 0 Å². The average Bonchev–Trinajstić information content (AvgIpc) is 3.36. The molecule has 1 aliphatic heterocycles. The Morgan fingerprint density at radius 3 is 2.73 bits per heavy atom. The number of pyridine rings is 1. The van der Waals surface area contributed by atoms with Crippen LogP contribution in [0.25, 0.3) is 22.2 Å². The van der Waals surface area contributed by atoms with Crippen molar-refractivity contribution in [3.63, 3.8) is 0 Å². The molecule has 3 aromatic rings. The summed E-state index contributed by atoms with van der Waals surface area (Å²) in [7, 11) is 0. The molecule has 0 bridgehead atoms. The number of hydrogen-bond acceptors (Lipinski definition) is 7.